The molecule has 2 aliphatic rings. The van der Waals surface area contributed by atoms with Crippen LogP contribution in [0.3, 0.4) is 0 Å². The molecule has 1 aliphatic heterocycles. The van der Waals surface area contributed by atoms with Crippen molar-refractivity contribution in [3.05, 3.63) is 0 Å². The number of hydrogen-bond donors (Lipinski definition) is 2. The van der Waals surface area contributed by atoms with Crippen molar-refractivity contribution in [1.82, 2.24) is 20.4 Å². The lowest BCUT2D eigenvalue weighted by Gasteiger charge is -2.33. The molecule has 0 aromatic rings. The van der Waals surface area contributed by atoms with Gasteiger partial charge in [0, 0.05) is 51.1 Å². The van der Waals surface area contributed by atoms with E-state index in [1.807, 2.05) is 0 Å². The molecule has 2 fully saturated rings. The van der Waals surface area contributed by atoms with E-state index in [1.54, 1.807) is 0 Å². The van der Waals surface area contributed by atoms with Crippen LogP contribution in [0.25, 0.3) is 0 Å². The van der Waals surface area contributed by atoms with Crippen molar-refractivity contribution in [1.29, 1.82) is 0 Å². The van der Waals surface area contributed by atoms with Gasteiger partial charge in [-0.25, -0.2) is 8.42 Å². The van der Waals surface area contributed by atoms with Gasteiger partial charge in [-0.1, -0.05) is 12.8 Å². The summed E-state index contributed by atoms with van der Waals surface area (Å²) >= 11 is 0. The number of likely N-dealkylation sites (N-methyl/N-ethyl adjacent to an activating group) is 1. The third-order valence-electron chi connectivity index (χ3n) is 5.72. The number of nitrogens with one attached hydrogen (secondary N) is 2. The average Bonchev–Trinajstić information content (AvgIpc) is 3.15. The summed E-state index contributed by atoms with van der Waals surface area (Å²) in [6.45, 7) is 7.30. The molecule has 0 radical (unpaired) electrons. The highest BCUT2D eigenvalue weighted by atomic mass is 127. The minimum absolute atomic E-state index is 0. The molecule has 166 valence electrons. The molecule has 0 aromatic carbocycles. The highest BCUT2D eigenvalue weighted by Gasteiger charge is 2.21. The number of halogens is 1. The Morgan fingerprint density at radius 2 is 1.82 bits per heavy atom. The first-order valence-electron chi connectivity index (χ1n) is 10.5. The quantitative estimate of drug-likeness (QED) is 0.268. The fourth-order valence-corrected chi connectivity index (χ4v) is 4.55. The van der Waals surface area contributed by atoms with Crippen LogP contribution in [0, 0.1) is 0 Å². The standard InChI is InChI=1S/C19H39N5O2S.HI/c1-4-20-19(21-11-14-23(2)18-7-5-6-8-18)22-17-9-12-24(13-10-17)15-16-27(3,25)26;/h17-18H,4-16H2,1-3H3,(H2,20,21,22);1H. The fraction of sp³-hybridized carbons (Fsp3) is 0.947. The maximum atomic E-state index is 11.3. The van der Waals surface area contributed by atoms with Crippen molar-refractivity contribution >= 4 is 39.8 Å². The van der Waals surface area contributed by atoms with Crippen LogP contribution < -0.4 is 10.6 Å². The van der Waals surface area contributed by atoms with Gasteiger partial charge in [-0.2, -0.15) is 0 Å². The molecule has 0 atom stereocenters. The third kappa shape index (κ3) is 10.1. The van der Waals surface area contributed by atoms with E-state index >= 15 is 0 Å². The molecule has 1 heterocycles. The zero-order valence-electron chi connectivity index (χ0n) is 17.8. The predicted octanol–water partition coefficient (Wildman–Crippen LogP) is 1.54. The second-order valence-electron chi connectivity index (χ2n) is 8.07. The highest BCUT2D eigenvalue weighted by Crippen LogP contribution is 2.21. The van der Waals surface area contributed by atoms with E-state index in [1.165, 1.54) is 31.9 Å². The first-order valence-corrected chi connectivity index (χ1v) is 12.6. The molecule has 0 aromatic heterocycles. The van der Waals surface area contributed by atoms with Crippen molar-refractivity contribution in [2.24, 2.45) is 4.99 Å². The van der Waals surface area contributed by atoms with E-state index in [0.717, 1.165) is 57.6 Å². The van der Waals surface area contributed by atoms with Crippen molar-refractivity contribution in [2.75, 3.05) is 58.3 Å². The molecule has 1 saturated heterocycles. The average molecular weight is 530 g/mol. The first kappa shape index (κ1) is 25.9. The Morgan fingerprint density at radius 3 is 2.39 bits per heavy atom. The Hall–Kier alpha value is -0.130. The lowest BCUT2D eigenvalue weighted by atomic mass is 10.1. The number of piperidine rings is 1. The molecule has 9 heteroatoms. The van der Waals surface area contributed by atoms with Gasteiger partial charge in [0.05, 0.1) is 12.3 Å². The van der Waals surface area contributed by atoms with Gasteiger partial charge < -0.3 is 20.4 Å². The molecule has 2 N–H and O–H groups in total. The van der Waals surface area contributed by atoms with Gasteiger partial charge in [0.25, 0.3) is 0 Å². The molecule has 1 aliphatic carbocycles. The first-order chi connectivity index (χ1) is 12.9. The molecule has 0 unspecified atom stereocenters. The number of likely N-dealkylation sites (tertiary alicyclic amines) is 1. The summed E-state index contributed by atoms with van der Waals surface area (Å²) in [5.41, 5.74) is 0. The van der Waals surface area contributed by atoms with Crippen LogP contribution in [0.15, 0.2) is 4.99 Å². The van der Waals surface area contributed by atoms with Gasteiger partial charge in [0.1, 0.15) is 9.84 Å². The number of aliphatic imine (C=N–C) groups is 1. The Kier molecular flexibility index (Phi) is 12.2. The van der Waals surface area contributed by atoms with E-state index < -0.39 is 9.84 Å². The topological polar surface area (TPSA) is 77.0 Å². The molecule has 1 saturated carbocycles. The molecule has 28 heavy (non-hydrogen) atoms. The zero-order valence-corrected chi connectivity index (χ0v) is 21.0. The van der Waals surface area contributed by atoms with Gasteiger partial charge in [0.15, 0.2) is 5.96 Å². The van der Waals surface area contributed by atoms with Crippen LogP contribution in [0.2, 0.25) is 0 Å². The van der Waals surface area contributed by atoms with Gasteiger partial charge in [-0.15, -0.1) is 24.0 Å². The summed E-state index contributed by atoms with van der Waals surface area (Å²) in [6.07, 6.45) is 8.75. The van der Waals surface area contributed by atoms with Crippen molar-refractivity contribution in [2.45, 2.75) is 57.5 Å². The molecule has 7 nitrogen and oxygen atoms in total. The lowest BCUT2D eigenvalue weighted by molar-refractivity contribution is 0.216. The summed E-state index contributed by atoms with van der Waals surface area (Å²) in [5, 5.41) is 6.93. The molecule has 0 amide bonds. The SMILES string of the molecule is CCNC(=NCCN(C)C1CCCC1)NC1CCN(CCS(C)(=O)=O)CC1.I. The third-order valence-corrected chi connectivity index (χ3v) is 6.65. The highest BCUT2D eigenvalue weighted by molar-refractivity contribution is 14.0. The summed E-state index contributed by atoms with van der Waals surface area (Å²) in [4.78, 5) is 9.47. The molecule has 0 bridgehead atoms. The number of nitrogens with zero attached hydrogens (tertiary/aromatic N) is 3. The van der Waals surface area contributed by atoms with Crippen molar-refractivity contribution in [3.63, 3.8) is 0 Å². The minimum atomic E-state index is -2.88. The van der Waals surface area contributed by atoms with Crippen LogP contribution in [0.1, 0.15) is 45.4 Å². The van der Waals surface area contributed by atoms with E-state index in [-0.39, 0.29) is 29.7 Å². The summed E-state index contributed by atoms with van der Waals surface area (Å²) < 4.78 is 22.6. The van der Waals surface area contributed by atoms with E-state index in [4.69, 9.17) is 4.99 Å². The maximum Gasteiger partial charge on any atom is 0.191 e. The Bertz CT molecular complexity index is 559. The Morgan fingerprint density at radius 1 is 1.18 bits per heavy atom. The molecular formula is C19H40IN5O2S. The van der Waals surface area contributed by atoms with E-state index in [9.17, 15) is 8.42 Å². The Labute approximate surface area is 189 Å². The van der Waals surface area contributed by atoms with Crippen molar-refractivity contribution < 1.29 is 8.42 Å². The lowest BCUT2D eigenvalue weighted by Crippen LogP contribution is -2.49. The van der Waals surface area contributed by atoms with Crippen LogP contribution in [0.5, 0.6) is 0 Å². The van der Waals surface area contributed by atoms with E-state index in [0.29, 0.717) is 12.6 Å². The summed E-state index contributed by atoms with van der Waals surface area (Å²) in [7, 11) is -0.657. The second-order valence-corrected chi connectivity index (χ2v) is 10.3. The summed E-state index contributed by atoms with van der Waals surface area (Å²) in [6, 6.07) is 1.15. The smallest absolute Gasteiger partial charge is 0.191 e. The van der Waals surface area contributed by atoms with Gasteiger partial charge in [0.2, 0.25) is 0 Å². The van der Waals surface area contributed by atoms with E-state index in [2.05, 4.69) is 34.4 Å². The summed E-state index contributed by atoms with van der Waals surface area (Å²) in [5.74, 6) is 1.16. The van der Waals surface area contributed by atoms with Gasteiger partial charge >= 0.3 is 0 Å². The van der Waals surface area contributed by atoms with Crippen LogP contribution >= 0.6 is 24.0 Å². The number of sulfone groups is 1. The number of rotatable bonds is 9. The normalized spacial score (nSPS) is 20.4. The molecular weight excluding hydrogens is 489 g/mol. The van der Waals surface area contributed by atoms with Crippen LogP contribution in [-0.2, 0) is 9.84 Å². The number of hydrogen-bond acceptors (Lipinski definition) is 5. The second kappa shape index (κ2) is 13.2. The largest absolute Gasteiger partial charge is 0.357 e. The maximum absolute atomic E-state index is 11.3. The molecule has 2 rings (SSSR count). The van der Waals surface area contributed by atoms with Crippen molar-refractivity contribution in [3.8, 4) is 0 Å². The zero-order chi connectivity index (χ0) is 19.7. The predicted molar refractivity (Wildman–Crippen MR) is 129 cm³/mol. The number of guanidine groups is 1. The van der Waals surface area contributed by atoms with Gasteiger partial charge in [-0.3, -0.25) is 4.99 Å². The molecule has 0 spiro atoms. The fourth-order valence-electron chi connectivity index (χ4n) is 3.96. The Balaban J connectivity index is 0.00000392. The van der Waals surface area contributed by atoms with Crippen LogP contribution in [0.4, 0.5) is 0 Å². The minimum Gasteiger partial charge on any atom is -0.357 e. The monoisotopic (exact) mass is 529 g/mol. The van der Waals surface area contributed by atoms with Crippen LogP contribution in [-0.4, -0.2) is 94.6 Å². The van der Waals surface area contributed by atoms with Gasteiger partial charge in [-0.05, 0) is 39.7 Å².